The van der Waals surface area contributed by atoms with Crippen LogP contribution in [0.4, 0.5) is 13.2 Å². The molecule has 4 aromatic rings. The Balaban J connectivity index is 2.05. The fourth-order valence-corrected chi connectivity index (χ4v) is 5.78. The first-order chi connectivity index (χ1) is 15.3. The lowest BCUT2D eigenvalue weighted by Crippen LogP contribution is -2.23. The normalized spacial score (nSPS) is 13.2. The summed E-state index contributed by atoms with van der Waals surface area (Å²) in [7, 11) is -7.98. The molecule has 3 heterocycles. The van der Waals surface area contributed by atoms with Crippen LogP contribution in [0, 0.1) is 0 Å². The molecule has 3 aromatic heterocycles. The van der Waals surface area contributed by atoms with Gasteiger partial charge >= 0.3 is 5.51 Å². The van der Waals surface area contributed by atoms with Gasteiger partial charge in [-0.3, -0.25) is 4.98 Å². The summed E-state index contributed by atoms with van der Waals surface area (Å²) < 4.78 is 90.4. The molecule has 0 aliphatic heterocycles. The quantitative estimate of drug-likeness (QED) is 0.369. The van der Waals surface area contributed by atoms with E-state index in [4.69, 9.17) is 0 Å². The van der Waals surface area contributed by atoms with Crippen LogP contribution in [0.5, 0.6) is 0 Å². The minimum Gasteiger partial charge on any atom is -0.310 e. The van der Waals surface area contributed by atoms with Crippen molar-refractivity contribution in [3.05, 3.63) is 41.1 Å². The number of hydrogen-bond donors (Lipinski definition) is 0. The van der Waals surface area contributed by atoms with Gasteiger partial charge in [-0.25, -0.2) is 26.8 Å². The maximum atomic E-state index is 13.0. The van der Waals surface area contributed by atoms with Gasteiger partial charge < -0.3 is 4.57 Å². The average molecular weight is 563 g/mol. The highest BCUT2D eigenvalue weighted by atomic mass is 79.9. The van der Waals surface area contributed by atoms with Gasteiger partial charge in [0.1, 0.15) is 16.1 Å². The second kappa shape index (κ2) is 7.74. The number of nitrogens with zero attached hydrogens (tertiary/aromatic N) is 4. The van der Waals surface area contributed by atoms with Crippen molar-refractivity contribution >= 4 is 57.5 Å². The van der Waals surface area contributed by atoms with E-state index < -0.39 is 30.1 Å². The van der Waals surface area contributed by atoms with E-state index in [1.54, 1.807) is 18.2 Å². The minimum atomic E-state index is -5.63. The van der Waals surface area contributed by atoms with Gasteiger partial charge in [-0.1, -0.05) is 35.0 Å². The number of imidazole rings is 1. The molecule has 0 unspecified atom stereocenters. The van der Waals surface area contributed by atoms with E-state index in [0.29, 0.717) is 21.4 Å². The van der Waals surface area contributed by atoms with Crippen LogP contribution in [0.15, 0.2) is 50.9 Å². The highest BCUT2D eigenvalue weighted by Crippen LogP contribution is 2.36. The molecule has 0 atom stereocenters. The first-order valence-electron chi connectivity index (χ1n) is 9.23. The number of rotatable bonds is 4. The van der Waals surface area contributed by atoms with E-state index in [2.05, 4.69) is 30.9 Å². The maximum absolute atomic E-state index is 13.0. The van der Waals surface area contributed by atoms with Gasteiger partial charge in [0, 0.05) is 34.7 Å². The molecule has 0 saturated carbocycles. The third-order valence-corrected chi connectivity index (χ3v) is 8.98. The lowest BCUT2D eigenvalue weighted by Gasteiger charge is -2.12. The van der Waals surface area contributed by atoms with Crippen LogP contribution in [0.3, 0.4) is 0 Å². The summed E-state index contributed by atoms with van der Waals surface area (Å²) in [6.45, 7) is 1.47. The summed E-state index contributed by atoms with van der Waals surface area (Å²) >= 11 is 3.37. The summed E-state index contributed by atoms with van der Waals surface area (Å²) in [5.41, 5.74) is -5.63. The Hall–Kier alpha value is -2.58. The number of aromatic nitrogens is 4. The Morgan fingerprint density at radius 1 is 1.06 bits per heavy atom. The molecule has 0 aliphatic carbocycles. The van der Waals surface area contributed by atoms with E-state index in [1.807, 2.05) is 0 Å². The standard InChI is InChI=1S/C19H14BrF3N4O4S2/c1-3-32(28,29)16-11-5-4-6-13(20)12(11)9-24-15(16)18-26-14-7-10(8-25-17(14)27(18)2)33(30,31)19(21,22)23/h4-9H,3H2,1-2H3. The van der Waals surface area contributed by atoms with Crippen LogP contribution >= 0.6 is 15.9 Å². The molecule has 0 fully saturated rings. The lowest BCUT2D eigenvalue weighted by atomic mass is 10.1. The van der Waals surface area contributed by atoms with E-state index in [9.17, 15) is 30.0 Å². The van der Waals surface area contributed by atoms with Crippen LogP contribution in [-0.4, -0.2) is 47.6 Å². The van der Waals surface area contributed by atoms with Crippen molar-refractivity contribution in [3.63, 3.8) is 0 Å². The van der Waals surface area contributed by atoms with Crippen molar-refractivity contribution in [2.24, 2.45) is 7.05 Å². The Kier molecular flexibility index (Phi) is 5.53. The Bertz CT molecular complexity index is 1650. The molecule has 0 saturated heterocycles. The smallest absolute Gasteiger partial charge is 0.310 e. The summed E-state index contributed by atoms with van der Waals surface area (Å²) in [5, 5.41) is 0.931. The SMILES string of the molecule is CCS(=O)(=O)c1c(-c2nc3cc(S(=O)(=O)C(F)(F)F)cnc3n2C)ncc2c(Br)cccc12. The largest absolute Gasteiger partial charge is 0.501 e. The third-order valence-electron chi connectivity index (χ3n) is 5.04. The molecule has 4 rings (SSSR count). The van der Waals surface area contributed by atoms with Gasteiger partial charge in [0.2, 0.25) is 0 Å². The molecular weight excluding hydrogens is 549 g/mol. The van der Waals surface area contributed by atoms with Crippen molar-refractivity contribution in [2.45, 2.75) is 22.2 Å². The minimum absolute atomic E-state index is 0.00737. The zero-order chi connectivity index (χ0) is 24.3. The monoisotopic (exact) mass is 562 g/mol. The number of hydrogen-bond acceptors (Lipinski definition) is 7. The highest BCUT2D eigenvalue weighted by Gasteiger charge is 2.47. The molecule has 14 heteroatoms. The van der Waals surface area contributed by atoms with Crippen LogP contribution in [0.25, 0.3) is 33.5 Å². The van der Waals surface area contributed by atoms with Crippen molar-refractivity contribution in [3.8, 4) is 11.5 Å². The van der Waals surface area contributed by atoms with Crippen molar-refractivity contribution in [1.82, 2.24) is 19.5 Å². The van der Waals surface area contributed by atoms with Crippen LogP contribution in [0.1, 0.15) is 6.92 Å². The van der Waals surface area contributed by atoms with E-state index >= 15 is 0 Å². The molecule has 0 amide bonds. The molecule has 1 aromatic carbocycles. The van der Waals surface area contributed by atoms with Crippen molar-refractivity contribution in [1.29, 1.82) is 0 Å². The summed E-state index contributed by atoms with van der Waals surface area (Å²) in [6, 6.07) is 5.76. The number of pyridine rings is 2. The molecule has 174 valence electrons. The number of benzene rings is 1. The predicted octanol–water partition coefficient (Wildman–Crippen LogP) is 4.03. The average Bonchev–Trinajstić information content (AvgIpc) is 3.08. The number of aryl methyl sites for hydroxylation is 1. The lowest BCUT2D eigenvalue weighted by molar-refractivity contribution is -0.0436. The molecular formula is C19H14BrF3N4O4S2. The topological polar surface area (TPSA) is 112 Å². The summed E-state index contributed by atoms with van der Waals surface area (Å²) in [5.74, 6) is -0.225. The second-order valence-corrected chi connectivity index (χ2v) is 12.0. The van der Waals surface area contributed by atoms with Gasteiger partial charge in [-0.2, -0.15) is 13.2 Å². The van der Waals surface area contributed by atoms with Crippen LogP contribution < -0.4 is 0 Å². The van der Waals surface area contributed by atoms with E-state index in [-0.39, 0.29) is 33.3 Å². The molecule has 0 radical (unpaired) electrons. The van der Waals surface area contributed by atoms with Crippen LogP contribution in [-0.2, 0) is 26.7 Å². The first-order valence-corrected chi connectivity index (χ1v) is 13.2. The van der Waals surface area contributed by atoms with Gasteiger partial charge in [0.05, 0.1) is 10.6 Å². The number of alkyl halides is 3. The summed E-state index contributed by atoms with van der Waals surface area (Å²) in [6.07, 6.45) is 2.04. The Morgan fingerprint density at radius 2 is 1.76 bits per heavy atom. The molecule has 33 heavy (non-hydrogen) atoms. The van der Waals surface area contributed by atoms with E-state index in [0.717, 1.165) is 6.07 Å². The maximum Gasteiger partial charge on any atom is 0.501 e. The first kappa shape index (κ1) is 23.6. The molecule has 8 nitrogen and oxygen atoms in total. The van der Waals surface area contributed by atoms with Crippen molar-refractivity contribution in [2.75, 3.05) is 5.75 Å². The van der Waals surface area contributed by atoms with Crippen molar-refractivity contribution < 1.29 is 30.0 Å². The Morgan fingerprint density at radius 3 is 2.39 bits per heavy atom. The number of sulfone groups is 2. The second-order valence-electron chi connectivity index (χ2n) is 7.00. The molecule has 0 spiro atoms. The third kappa shape index (κ3) is 3.69. The van der Waals surface area contributed by atoms with Gasteiger partial charge in [-0.15, -0.1) is 0 Å². The van der Waals surface area contributed by atoms with E-state index in [1.165, 1.54) is 24.7 Å². The highest BCUT2D eigenvalue weighted by molar-refractivity contribution is 9.10. The van der Waals surface area contributed by atoms with Gasteiger partial charge in [0.25, 0.3) is 9.84 Å². The Labute approximate surface area is 194 Å². The van der Waals surface area contributed by atoms with Gasteiger partial charge in [-0.05, 0) is 12.1 Å². The molecule has 0 bridgehead atoms. The van der Waals surface area contributed by atoms with Gasteiger partial charge in [0.15, 0.2) is 21.3 Å². The fourth-order valence-electron chi connectivity index (χ4n) is 3.35. The summed E-state index contributed by atoms with van der Waals surface area (Å²) in [4.78, 5) is 11.2. The zero-order valence-electron chi connectivity index (χ0n) is 16.9. The molecule has 0 aliphatic rings. The number of halogens is 4. The number of fused-ring (bicyclic) bond motifs is 2. The fraction of sp³-hybridized carbons (Fsp3) is 0.211. The molecule has 0 N–H and O–H groups in total. The predicted molar refractivity (Wildman–Crippen MR) is 118 cm³/mol. The zero-order valence-corrected chi connectivity index (χ0v) is 20.1. The van der Waals surface area contributed by atoms with Crippen LogP contribution in [0.2, 0.25) is 0 Å².